The molecule has 0 radical (unpaired) electrons. The molecule has 0 saturated carbocycles. The Morgan fingerprint density at radius 2 is 2.17 bits per heavy atom. The molecule has 1 saturated heterocycles. The summed E-state index contributed by atoms with van der Waals surface area (Å²) in [5.74, 6) is 0.392. The van der Waals surface area contributed by atoms with Gasteiger partial charge in [-0.05, 0) is 50.0 Å². The molecule has 4 heterocycles. The molecule has 0 unspecified atom stereocenters. The highest BCUT2D eigenvalue weighted by Crippen LogP contribution is 2.26. The first-order valence-electron chi connectivity index (χ1n) is 11.9. The van der Waals surface area contributed by atoms with Crippen molar-refractivity contribution in [2.75, 3.05) is 50.9 Å². The fourth-order valence-electron chi connectivity index (χ4n) is 4.08. The molecule has 0 spiro atoms. The van der Waals surface area contributed by atoms with Crippen LogP contribution in [0.15, 0.2) is 36.7 Å². The minimum atomic E-state index is -0.296. The van der Waals surface area contributed by atoms with Crippen LogP contribution in [0.1, 0.15) is 33.8 Å². The Bertz CT molecular complexity index is 1200. The molecule has 0 atom stereocenters. The number of carbonyl (C=O) groups is 1. The quantitative estimate of drug-likeness (QED) is 0.354. The number of nitrogens with two attached hydrogens (primary N) is 1. The maximum absolute atomic E-state index is 12.8. The Morgan fingerprint density at radius 1 is 1.33 bits per heavy atom. The summed E-state index contributed by atoms with van der Waals surface area (Å²) in [5.41, 5.74) is 7.54. The van der Waals surface area contributed by atoms with Crippen molar-refractivity contribution in [3.05, 3.63) is 52.8 Å². The molecule has 3 aromatic rings. The number of nitriles is 1. The first-order valence-corrected chi connectivity index (χ1v) is 12.7. The lowest BCUT2D eigenvalue weighted by Gasteiger charge is -2.31. The maximum atomic E-state index is 12.8. The van der Waals surface area contributed by atoms with Gasteiger partial charge in [-0.3, -0.25) is 14.7 Å². The predicted molar refractivity (Wildman–Crippen MR) is 139 cm³/mol. The van der Waals surface area contributed by atoms with Crippen LogP contribution in [0.5, 0.6) is 0 Å². The number of hydrogen-bond donors (Lipinski definition) is 3. The zero-order valence-electron chi connectivity index (χ0n) is 20.2. The highest BCUT2D eigenvalue weighted by atomic mass is 32.1. The van der Waals surface area contributed by atoms with Gasteiger partial charge >= 0.3 is 0 Å². The second kappa shape index (κ2) is 12.4. The smallest absolute Gasteiger partial charge is 0.270 e. The van der Waals surface area contributed by atoms with Crippen molar-refractivity contribution in [1.82, 2.24) is 25.2 Å². The SMILES string of the molecule is COCCNc1nc(C(=O)NCC2CCN(Cc3cnc(-c4ccccn4)s3)CC2)cc(N)c1C#N. The van der Waals surface area contributed by atoms with Gasteiger partial charge in [0.1, 0.15) is 28.2 Å². The van der Waals surface area contributed by atoms with E-state index in [9.17, 15) is 10.1 Å². The number of nitrogens with one attached hydrogen (secondary N) is 2. The van der Waals surface area contributed by atoms with E-state index in [1.807, 2.05) is 30.5 Å². The van der Waals surface area contributed by atoms with Crippen molar-refractivity contribution >= 4 is 28.7 Å². The first kappa shape index (κ1) is 25.5. The van der Waals surface area contributed by atoms with Gasteiger partial charge in [0, 0.05) is 44.0 Å². The summed E-state index contributed by atoms with van der Waals surface area (Å²) < 4.78 is 5.02. The van der Waals surface area contributed by atoms with Gasteiger partial charge in [0.2, 0.25) is 0 Å². The summed E-state index contributed by atoms with van der Waals surface area (Å²) in [6.07, 6.45) is 5.72. The van der Waals surface area contributed by atoms with E-state index in [2.05, 4.69) is 30.5 Å². The summed E-state index contributed by atoms with van der Waals surface area (Å²) in [4.78, 5) is 29.6. The molecule has 0 aromatic carbocycles. The summed E-state index contributed by atoms with van der Waals surface area (Å²) >= 11 is 1.68. The van der Waals surface area contributed by atoms with Gasteiger partial charge in [0.15, 0.2) is 0 Å². The van der Waals surface area contributed by atoms with Crippen LogP contribution in [0.4, 0.5) is 11.5 Å². The van der Waals surface area contributed by atoms with Gasteiger partial charge in [-0.1, -0.05) is 6.07 Å². The van der Waals surface area contributed by atoms with Crippen LogP contribution in [0, 0.1) is 17.2 Å². The molecule has 3 aromatic heterocycles. The normalized spacial score (nSPS) is 14.3. The fourth-order valence-corrected chi connectivity index (χ4v) is 5.01. The van der Waals surface area contributed by atoms with Crippen molar-refractivity contribution in [2.45, 2.75) is 19.4 Å². The Labute approximate surface area is 214 Å². The van der Waals surface area contributed by atoms with Gasteiger partial charge in [0.05, 0.1) is 18.0 Å². The van der Waals surface area contributed by atoms with E-state index in [1.165, 1.54) is 10.9 Å². The fraction of sp³-hybridized carbons (Fsp3) is 0.400. The molecule has 1 aliphatic heterocycles. The lowest BCUT2D eigenvalue weighted by Crippen LogP contribution is -2.38. The van der Waals surface area contributed by atoms with Gasteiger partial charge < -0.3 is 21.1 Å². The summed E-state index contributed by atoms with van der Waals surface area (Å²) in [6, 6.07) is 9.34. The number of ether oxygens (including phenoxy) is 1. The number of nitrogens with zero attached hydrogens (tertiary/aromatic N) is 5. The molecule has 1 aliphatic rings. The van der Waals surface area contributed by atoms with Crippen LogP contribution in [-0.2, 0) is 11.3 Å². The third-order valence-corrected chi connectivity index (χ3v) is 7.07. The number of amides is 1. The number of aromatic nitrogens is 3. The number of methoxy groups -OCH3 is 1. The average Bonchev–Trinajstić information content (AvgIpc) is 3.37. The number of likely N-dealkylation sites (tertiary alicyclic amines) is 1. The molecular formula is C25H30N8O2S. The number of piperidine rings is 1. The molecule has 11 heteroatoms. The molecule has 4 rings (SSSR count). The topological polar surface area (TPSA) is 142 Å². The van der Waals surface area contributed by atoms with Crippen LogP contribution < -0.4 is 16.4 Å². The minimum Gasteiger partial charge on any atom is -0.397 e. The number of anilines is 2. The van der Waals surface area contributed by atoms with Gasteiger partial charge in [-0.2, -0.15) is 5.26 Å². The van der Waals surface area contributed by atoms with E-state index >= 15 is 0 Å². The van der Waals surface area contributed by atoms with Crippen molar-refractivity contribution in [2.24, 2.45) is 5.92 Å². The van der Waals surface area contributed by atoms with Gasteiger partial charge in [0.25, 0.3) is 5.91 Å². The first-order chi connectivity index (χ1) is 17.6. The number of carbonyl (C=O) groups excluding carboxylic acids is 1. The number of thiazole rings is 1. The summed E-state index contributed by atoms with van der Waals surface area (Å²) in [5, 5.41) is 16.3. The zero-order chi connectivity index (χ0) is 25.3. The number of hydrogen-bond acceptors (Lipinski definition) is 10. The molecule has 36 heavy (non-hydrogen) atoms. The second-order valence-corrected chi connectivity index (χ2v) is 9.74. The summed E-state index contributed by atoms with van der Waals surface area (Å²) in [7, 11) is 1.59. The number of rotatable bonds is 10. The molecule has 188 valence electrons. The Morgan fingerprint density at radius 3 is 2.89 bits per heavy atom. The molecular weight excluding hydrogens is 476 g/mol. The molecule has 0 bridgehead atoms. The Balaban J connectivity index is 1.26. The lowest BCUT2D eigenvalue weighted by molar-refractivity contribution is 0.0930. The number of pyridine rings is 2. The monoisotopic (exact) mass is 506 g/mol. The average molecular weight is 507 g/mol. The zero-order valence-corrected chi connectivity index (χ0v) is 21.1. The van der Waals surface area contributed by atoms with Gasteiger partial charge in [-0.25, -0.2) is 9.97 Å². The van der Waals surface area contributed by atoms with Crippen molar-refractivity contribution in [1.29, 1.82) is 5.26 Å². The molecule has 1 amide bonds. The maximum Gasteiger partial charge on any atom is 0.270 e. The number of nitrogen functional groups attached to an aromatic ring is 1. The van der Waals surface area contributed by atoms with E-state index in [0.717, 1.165) is 43.2 Å². The van der Waals surface area contributed by atoms with Crippen molar-refractivity contribution < 1.29 is 9.53 Å². The van der Waals surface area contributed by atoms with Crippen molar-refractivity contribution in [3.63, 3.8) is 0 Å². The summed E-state index contributed by atoms with van der Waals surface area (Å²) in [6.45, 7) is 4.27. The van der Waals surface area contributed by atoms with Crippen molar-refractivity contribution in [3.8, 4) is 16.8 Å². The predicted octanol–water partition coefficient (Wildman–Crippen LogP) is 2.75. The minimum absolute atomic E-state index is 0.192. The van der Waals surface area contributed by atoms with Crippen LogP contribution in [0.2, 0.25) is 0 Å². The third-order valence-electron chi connectivity index (χ3n) is 6.07. The molecule has 4 N–H and O–H groups in total. The highest BCUT2D eigenvalue weighted by molar-refractivity contribution is 7.14. The second-order valence-electron chi connectivity index (χ2n) is 8.63. The lowest BCUT2D eigenvalue weighted by atomic mass is 9.96. The largest absolute Gasteiger partial charge is 0.397 e. The molecule has 0 aliphatic carbocycles. The van der Waals surface area contributed by atoms with Crippen LogP contribution in [0.3, 0.4) is 0 Å². The highest BCUT2D eigenvalue weighted by Gasteiger charge is 2.22. The van der Waals surface area contributed by atoms with Crippen LogP contribution in [0.25, 0.3) is 10.7 Å². The van der Waals surface area contributed by atoms with E-state index in [-0.39, 0.29) is 22.9 Å². The standard InChI is InChI=1S/C25H30N8O2S/c1-35-11-8-29-23-19(13-26)20(27)12-22(32-23)24(34)30-14-17-5-9-33(10-6-17)16-18-15-31-25(36-18)21-4-2-3-7-28-21/h2-4,7,12,15,17H,5-6,8-11,14,16H2,1H3,(H,30,34)(H3,27,29,32). The van der Waals surface area contributed by atoms with Gasteiger partial charge in [-0.15, -0.1) is 11.3 Å². The van der Waals surface area contributed by atoms with E-state index in [4.69, 9.17) is 10.5 Å². The van der Waals surface area contributed by atoms with Crippen LogP contribution in [-0.4, -0.2) is 65.7 Å². The van der Waals surface area contributed by atoms with Crippen LogP contribution >= 0.6 is 11.3 Å². The van der Waals surface area contributed by atoms with E-state index in [0.29, 0.717) is 31.4 Å². The Hall–Kier alpha value is -3.59. The third kappa shape index (κ3) is 6.54. The van der Waals surface area contributed by atoms with E-state index < -0.39 is 0 Å². The Kier molecular flexibility index (Phi) is 8.78. The van der Waals surface area contributed by atoms with E-state index in [1.54, 1.807) is 24.6 Å². The molecule has 1 fully saturated rings. The molecule has 10 nitrogen and oxygen atoms in total.